The average molecular weight is 653 g/mol. The zero-order chi connectivity index (χ0) is 32.9. The lowest BCUT2D eigenvalue weighted by Crippen LogP contribution is -2.51. The van der Waals surface area contributed by atoms with Gasteiger partial charge in [-0.25, -0.2) is 4.39 Å². The van der Waals surface area contributed by atoms with E-state index in [9.17, 15) is 9.18 Å². The number of nitrogens with one attached hydrogen (secondary N) is 1. The summed E-state index contributed by atoms with van der Waals surface area (Å²) in [6, 6.07) is 14.2. The molecule has 3 atom stereocenters. The first-order valence-corrected chi connectivity index (χ1v) is 17.5. The van der Waals surface area contributed by atoms with Crippen LogP contribution in [-0.2, 0) is 24.9 Å². The molecule has 252 valence electrons. The van der Waals surface area contributed by atoms with Crippen molar-refractivity contribution in [1.29, 1.82) is 0 Å². The van der Waals surface area contributed by atoms with Gasteiger partial charge in [0.25, 0.3) is 0 Å². The molecule has 2 saturated heterocycles. The SMILES string of the molecule is CN1Cc2c(nc(OC[C@@]34CCCN3CC(F)C4)nc2N2CCCN=C(C=C(N)c3cccc(=O)[nH]3)C2)C[C@]12CCCc1ccccc12. The van der Waals surface area contributed by atoms with Crippen molar-refractivity contribution in [2.45, 2.75) is 75.2 Å². The van der Waals surface area contributed by atoms with Crippen molar-refractivity contribution >= 4 is 17.2 Å². The van der Waals surface area contributed by atoms with Gasteiger partial charge in [0, 0.05) is 50.7 Å². The highest BCUT2D eigenvalue weighted by atomic mass is 19.1. The molecule has 0 radical (unpaired) electrons. The van der Waals surface area contributed by atoms with E-state index in [1.54, 1.807) is 12.1 Å². The first kappa shape index (κ1) is 31.2. The lowest BCUT2D eigenvalue weighted by Gasteiger charge is -2.49. The number of likely N-dealkylation sites (N-methyl/N-ethyl adjacent to an activating group) is 1. The van der Waals surface area contributed by atoms with Gasteiger partial charge in [0.2, 0.25) is 5.56 Å². The Bertz CT molecular complexity index is 1820. The first-order chi connectivity index (χ1) is 23.3. The van der Waals surface area contributed by atoms with Crippen molar-refractivity contribution in [3.05, 3.63) is 87.0 Å². The van der Waals surface area contributed by atoms with Gasteiger partial charge in [0.15, 0.2) is 0 Å². The normalized spacial score (nSPS) is 27.7. The molecule has 1 aromatic carbocycles. The highest BCUT2D eigenvalue weighted by molar-refractivity contribution is 6.03. The summed E-state index contributed by atoms with van der Waals surface area (Å²) in [6.07, 6.45) is 8.46. The van der Waals surface area contributed by atoms with Crippen LogP contribution in [0.1, 0.15) is 66.6 Å². The quantitative estimate of drug-likeness (QED) is 0.411. The number of aromatic amines is 1. The molecule has 1 unspecified atom stereocenters. The number of hydrogen-bond acceptors (Lipinski definition) is 9. The fraction of sp³-hybridized carbons (Fsp3) is 0.514. The fourth-order valence-electron chi connectivity index (χ4n) is 9.01. The lowest BCUT2D eigenvalue weighted by molar-refractivity contribution is 0.0714. The van der Waals surface area contributed by atoms with Crippen LogP contribution in [0.25, 0.3) is 5.70 Å². The number of aromatic nitrogens is 3. The highest BCUT2D eigenvalue weighted by Crippen LogP contribution is 2.47. The number of halogens is 1. The lowest BCUT2D eigenvalue weighted by atomic mass is 9.71. The van der Waals surface area contributed by atoms with Gasteiger partial charge >= 0.3 is 6.01 Å². The minimum Gasteiger partial charge on any atom is -0.461 e. The minimum atomic E-state index is -0.820. The first-order valence-electron chi connectivity index (χ1n) is 17.5. The van der Waals surface area contributed by atoms with Gasteiger partial charge < -0.3 is 20.4 Å². The number of nitrogens with zero attached hydrogens (tertiary/aromatic N) is 6. The number of rotatable bonds is 6. The molecule has 0 saturated carbocycles. The monoisotopic (exact) mass is 652 g/mol. The van der Waals surface area contributed by atoms with Crippen LogP contribution in [0, 0.1) is 0 Å². The second kappa shape index (κ2) is 12.4. The van der Waals surface area contributed by atoms with E-state index in [1.165, 1.54) is 17.2 Å². The Balaban J connectivity index is 1.16. The Morgan fingerprint density at radius 2 is 2.00 bits per heavy atom. The maximum absolute atomic E-state index is 14.6. The number of H-pyrrole nitrogens is 1. The number of aliphatic imine (C=N–C) groups is 1. The van der Waals surface area contributed by atoms with E-state index in [2.05, 4.69) is 51.0 Å². The van der Waals surface area contributed by atoms with E-state index in [0.29, 0.717) is 56.6 Å². The molecule has 48 heavy (non-hydrogen) atoms. The second-order valence-electron chi connectivity index (χ2n) is 14.4. The van der Waals surface area contributed by atoms with Gasteiger partial charge in [0.05, 0.1) is 40.4 Å². The third kappa shape index (κ3) is 5.60. The van der Waals surface area contributed by atoms with Gasteiger partial charge in [-0.3, -0.25) is 19.6 Å². The number of fused-ring (bicyclic) bond motifs is 4. The third-order valence-corrected chi connectivity index (χ3v) is 11.4. The van der Waals surface area contributed by atoms with Crippen LogP contribution in [0.4, 0.5) is 10.2 Å². The number of hydrogen-bond donors (Lipinski definition) is 2. The zero-order valence-corrected chi connectivity index (χ0v) is 27.8. The van der Waals surface area contributed by atoms with Crippen LogP contribution >= 0.6 is 0 Å². The Morgan fingerprint density at radius 3 is 2.90 bits per heavy atom. The minimum absolute atomic E-state index is 0.145. The van der Waals surface area contributed by atoms with Crippen molar-refractivity contribution in [3.63, 3.8) is 0 Å². The molecule has 11 heteroatoms. The topological polar surface area (TPSA) is 116 Å². The van der Waals surface area contributed by atoms with E-state index in [0.717, 1.165) is 80.8 Å². The maximum Gasteiger partial charge on any atom is 0.318 e. The molecular formula is C37H45FN8O2. The van der Waals surface area contributed by atoms with Crippen LogP contribution in [0.5, 0.6) is 6.01 Å². The molecule has 0 bridgehead atoms. The molecule has 1 aliphatic carbocycles. The smallest absolute Gasteiger partial charge is 0.318 e. The number of anilines is 1. The van der Waals surface area contributed by atoms with E-state index in [4.69, 9.17) is 25.4 Å². The van der Waals surface area contributed by atoms with Crippen molar-refractivity contribution in [2.24, 2.45) is 10.7 Å². The molecule has 5 aliphatic rings. The molecule has 6 heterocycles. The molecule has 3 aromatic rings. The maximum atomic E-state index is 14.6. The van der Waals surface area contributed by atoms with Crippen molar-refractivity contribution in [2.75, 3.05) is 51.3 Å². The second-order valence-corrected chi connectivity index (χ2v) is 14.4. The number of nitrogens with two attached hydrogens (primary N) is 1. The summed E-state index contributed by atoms with van der Waals surface area (Å²) < 4.78 is 21.2. The largest absolute Gasteiger partial charge is 0.461 e. The van der Waals surface area contributed by atoms with Crippen LogP contribution < -0.4 is 20.9 Å². The van der Waals surface area contributed by atoms with Gasteiger partial charge in [-0.15, -0.1) is 0 Å². The van der Waals surface area contributed by atoms with Crippen LogP contribution in [-0.4, -0.2) is 88.6 Å². The number of benzene rings is 1. The molecule has 8 rings (SSSR count). The van der Waals surface area contributed by atoms with E-state index in [-0.39, 0.29) is 16.6 Å². The van der Waals surface area contributed by atoms with E-state index in [1.807, 2.05) is 6.08 Å². The Morgan fingerprint density at radius 1 is 1.10 bits per heavy atom. The fourth-order valence-corrected chi connectivity index (χ4v) is 9.01. The molecule has 10 nitrogen and oxygen atoms in total. The zero-order valence-electron chi connectivity index (χ0n) is 27.8. The summed E-state index contributed by atoms with van der Waals surface area (Å²) in [5, 5.41) is 0. The van der Waals surface area contributed by atoms with Crippen molar-refractivity contribution in [1.82, 2.24) is 24.8 Å². The van der Waals surface area contributed by atoms with Crippen molar-refractivity contribution in [3.8, 4) is 6.01 Å². The summed E-state index contributed by atoms with van der Waals surface area (Å²) in [5.41, 5.74) is 12.7. The highest BCUT2D eigenvalue weighted by Gasteiger charge is 2.50. The predicted octanol–water partition coefficient (Wildman–Crippen LogP) is 3.99. The summed E-state index contributed by atoms with van der Waals surface area (Å²) >= 11 is 0. The molecule has 2 fully saturated rings. The molecule has 0 amide bonds. The third-order valence-electron chi connectivity index (χ3n) is 11.4. The van der Waals surface area contributed by atoms with Crippen molar-refractivity contribution < 1.29 is 9.13 Å². The molecular weight excluding hydrogens is 607 g/mol. The molecule has 4 aliphatic heterocycles. The van der Waals surface area contributed by atoms with Gasteiger partial charge in [-0.2, -0.15) is 9.97 Å². The summed E-state index contributed by atoms with van der Waals surface area (Å²) in [7, 11) is 2.24. The summed E-state index contributed by atoms with van der Waals surface area (Å²) in [6.45, 7) is 4.45. The summed E-state index contributed by atoms with van der Waals surface area (Å²) in [5.74, 6) is 0.867. The number of pyridine rings is 1. The Kier molecular flexibility index (Phi) is 8.07. The van der Waals surface area contributed by atoms with E-state index < -0.39 is 6.17 Å². The predicted molar refractivity (Wildman–Crippen MR) is 185 cm³/mol. The molecule has 1 spiro atoms. The van der Waals surface area contributed by atoms with Gasteiger partial charge in [-0.05, 0) is 75.4 Å². The van der Waals surface area contributed by atoms with Crippen LogP contribution in [0.15, 0.2) is 58.3 Å². The van der Waals surface area contributed by atoms with E-state index >= 15 is 0 Å². The number of ether oxygens (including phenoxy) is 1. The van der Waals surface area contributed by atoms with Gasteiger partial charge in [0.1, 0.15) is 18.6 Å². The van der Waals surface area contributed by atoms with Gasteiger partial charge in [-0.1, -0.05) is 30.3 Å². The molecule has 3 N–H and O–H groups in total. The molecule has 2 aromatic heterocycles. The van der Waals surface area contributed by atoms with Crippen LogP contribution in [0.2, 0.25) is 0 Å². The Hall–Kier alpha value is -4.09. The average Bonchev–Trinajstić information content (AvgIpc) is 3.50. The van der Waals surface area contributed by atoms with Crippen LogP contribution in [0.3, 0.4) is 0 Å². The summed E-state index contributed by atoms with van der Waals surface area (Å²) in [4.78, 5) is 37.0. The number of alkyl halides is 1. The standard InChI is InChI=1S/C37H45FN8O2/c1-44-23-28-32(20-37(44)14-5-9-25-8-2-3-10-29(25)37)42-35(48-24-36-13-6-17-46(36)21-26(38)19-36)43-34(28)45-16-7-15-40-27(22-45)18-30(39)31-11-4-12-33(47)41-31/h2-4,8,10-12,18,26H,5-7,9,13-17,19-24,39H2,1H3,(H,41,47)/t26?,36-,37-/m0/s1. The Labute approximate surface area is 280 Å². The number of aryl methyl sites for hydroxylation is 1.